The molecule has 0 aliphatic heterocycles. The quantitative estimate of drug-likeness (QED) is 0.243. The molecule has 164 valence electrons. The van der Waals surface area contributed by atoms with Crippen LogP contribution < -0.4 is 10.2 Å². The molecule has 0 radical (unpaired) electrons. The van der Waals surface area contributed by atoms with Crippen LogP contribution in [0.25, 0.3) is 10.8 Å². The normalized spacial score (nSPS) is 10.9. The van der Waals surface area contributed by atoms with E-state index in [0.717, 1.165) is 34.5 Å². The minimum atomic E-state index is -0.762. The molecular weight excluding hydrogens is 422 g/mol. The molecule has 4 rings (SSSR count). The van der Waals surface area contributed by atoms with Gasteiger partial charge >= 0.3 is 0 Å². The molecule has 0 bridgehead atoms. The molecule has 0 saturated carbocycles. The van der Waals surface area contributed by atoms with Crippen molar-refractivity contribution in [2.45, 2.75) is 6.61 Å². The van der Waals surface area contributed by atoms with Gasteiger partial charge in [0.2, 0.25) is 0 Å². The van der Waals surface area contributed by atoms with Crippen LogP contribution in [0, 0.1) is 10.1 Å². The smallest absolute Gasteiger partial charge is 0.275 e. The van der Waals surface area contributed by atoms with Crippen LogP contribution in [-0.4, -0.2) is 22.2 Å². The van der Waals surface area contributed by atoms with E-state index in [-0.39, 0.29) is 17.0 Å². The van der Waals surface area contributed by atoms with Crippen LogP contribution in [0.1, 0.15) is 21.5 Å². The fourth-order valence-corrected chi connectivity index (χ4v) is 3.27. The largest absolute Gasteiger partial charge is 0.507 e. The number of carbonyl (C=O) groups excluding carboxylic acids is 1. The van der Waals surface area contributed by atoms with E-state index in [2.05, 4.69) is 28.7 Å². The number of nitro benzene ring substituents is 1. The molecule has 0 fully saturated rings. The lowest BCUT2D eigenvalue weighted by atomic mass is 10.1. The van der Waals surface area contributed by atoms with Gasteiger partial charge in [-0.1, -0.05) is 42.5 Å². The molecule has 0 aliphatic carbocycles. The molecule has 0 saturated heterocycles. The number of hydrogen-bond donors (Lipinski definition) is 2. The van der Waals surface area contributed by atoms with E-state index in [1.807, 2.05) is 24.3 Å². The number of nitrogens with one attached hydrogen (secondary N) is 1. The number of aromatic hydroxyl groups is 1. The first-order valence-electron chi connectivity index (χ1n) is 10.0. The zero-order valence-corrected chi connectivity index (χ0v) is 17.3. The summed E-state index contributed by atoms with van der Waals surface area (Å²) in [5.41, 5.74) is 3.50. The molecule has 0 atom stereocenters. The van der Waals surface area contributed by atoms with Crippen molar-refractivity contribution in [1.82, 2.24) is 5.43 Å². The number of nitro groups is 1. The van der Waals surface area contributed by atoms with Crippen LogP contribution in [0.3, 0.4) is 0 Å². The highest BCUT2D eigenvalue weighted by atomic mass is 16.6. The number of hydrogen-bond acceptors (Lipinski definition) is 6. The van der Waals surface area contributed by atoms with E-state index in [0.29, 0.717) is 17.9 Å². The van der Waals surface area contributed by atoms with E-state index in [9.17, 15) is 20.0 Å². The maximum absolute atomic E-state index is 12.2. The average Bonchev–Trinajstić information content (AvgIpc) is 2.83. The van der Waals surface area contributed by atoms with Crippen molar-refractivity contribution in [1.29, 1.82) is 0 Å². The Morgan fingerprint density at radius 1 is 1.03 bits per heavy atom. The van der Waals surface area contributed by atoms with Crippen LogP contribution in [0.15, 0.2) is 90.0 Å². The highest BCUT2D eigenvalue weighted by molar-refractivity contribution is 5.98. The molecule has 4 aromatic carbocycles. The van der Waals surface area contributed by atoms with Gasteiger partial charge in [0.1, 0.15) is 18.1 Å². The summed E-state index contributed by atoms with van der Waals surface area (Å²) in [7, 11) is 0. The summed E-state index contributed by atoms with van der Waals surface area (Å²) in [6.07, 6.45) is 1.42. The van der Waals surface area contributed by atoms with Gasteiger partial charge in [-0.15, -0.1) is 0 Å². The minimum Gasteiger partial charge on any atom is -0.507 e. The zero-order chi connectivity index (χ0) is 23.2. The topological polar surface area (TPSA) is 114 Å². The number of ether oxygens (including phenoxy) is 1. The number of amides is 1. The maximum Gasteiger partial charge on any atom is 0.275 e. The van der Waals surface area contributed by atoms with Gasteiger partial charge in [0.15, 0.2) is 0 Å². The summed E-state index contributed by atoms with van der Waals surface area (Å²) < 4.78 is 5.90. The predicted molar refractivity (Wildman–Crippen MR) is 125 cm³/mol. The van der Waals surface area contributed by atoms with Gasteiger partial charge in [0, 0.05) is 12.1 Å². The third-order valence-corrected chi connectivity index (χ3v) is 4.97. The summed E-state index contributed by atoms with van der Waals surface area (Å²) in [6.45, 7) is 0.428. The number of nitrogens with zero attached hydrogens (tertiary/aromatic N) is 2. The Balaban J connectivity index is 1.36. The van der Waals surface area contributed by atoms with E-state index in [4.69, 9.17) is 4.74 Å². The van der Waals surface area contributed by atoms with Crippen LogP contribution in [0.4, 0.5) is 5.69 Å². The van der Waals surface area contributed by atoms with Gasteiger partial charge < -0.3 is 9.84 Å². The Kier molecular flexibility index (Phi) is 6.26. The van der Waals surface area contributed by atoms with Gasteiger partial charge in [-0.2, -0.15) is 5.10 Å². The standard InChI is InChI=1S/C25H19N3O5/c29-24-13-10-20(28(31)32)14-23(24)25(30)27-26-15-17-8-11-21(12-9-17)33-16-19-6-3-5-18-4-1-2-7-22(18)19/h1-15,29H,16H2,(H,27,30)/b26-15-. The number of carbonyl (C=O) groups is 1. The Bertz CT molecular complexity index is 1340. The number of phenolic OH excluding ortho intramolecular Hbond substituents is 1. The monoisotopic (exact) mass is 441 g/mol. The van der Waals surface area contributed by atoms with E-state index in [1.54, 1.807) is 24.3 Å². The Hall–Kier alpha value is -4.72. The van der Waals surface area contributed by atoms with Crippen LogP contribution in [-0.2, 0) is 6.61 Å². The first kappa shape index (κ1) is 21.5. The predicted octanol–water partition coefficient (Wildman–Crippen LogP) is 4.80. The van der Waals surface area contributed by atoms with Crippen molar-refractivity contribution in [3.05, 3.63) is 112 Å². The van der Waals surface area contributed by atoms with Crippen LogP contribution >= 0.6 is 0 Å². The first-order chi connectivity index (χ1) is 16.0. The average molecular weight is 441 g/mol. The van der Waals surface area contributed by atoms with Crippen molar-refractivity contribution in [3.63, 3.8) is 0 Å². The van der Waals surface area contributed by atoms with E-state index >= 15 is 0 Å². The number of benzene rings is 4. The van der Waals surface area contributed by atoms with E-state index < -0.39 is 10.8 Å². The van der Waals surface area contributed by atoms with Crippen molar-refractivity contribution in [2.24, 2.45) is 5.10 Å². The SMILES string of the molecule is O=C(N/N=C\c1ccc(OCc2cccc3ccccc23)cc1)c1cc([N+](=O)[O-])ccc1O. The zero-order valence-electron chi connectivity index (χ0n) is 17.3. The van der Waals surface area contributed by atoms with Gasteiger partial charge in [0.25, 0.3) is 11.6 Å². The molecule has 0 heterocycles. The highest BCUT2D eigenvalue weighted by Gasteiger charge is 2.16. The lowest BCUT2D eigenvalue weighted by Gasteiger charge is -2.09. The fourth-order valence-electron chi connectivity index (χ4n) is 3.27. The Labute approximate surface area is 188 Å². The Morgan fingerprint density at radius 2 is 1.79 bits per heavy atom. The third kappa shape index (κ3) is 5.13. The van der Waals surface area contributed by atoms with Gasteiger partial charge in [-0.25, -0.2) is 5.43 Å². The number of non-ortho nitro benzene ring substituents is 1. The number of fused-ring (bicyclic) bond motifs is 1. The molecule has 0 aromatic heterocycles. The summed E-state index contributed by atoms with van der Waals surface area (Å²) >= 11 is 0. The lowest BCUT2D eigenvalue weighted by molar-refractivity contribution is -0.384. The van der Waals surface area contributed by atoms with Crippen LogP contribution in [0.5, 0.6) is 11.5 Å². The van der Waals surface area contributed by atoms with E-state index in [1.165, 1.54) is 6.21 Å². The van der Waals surface area contributed by atoms with Gasteiger partial charge in [0.05, 0.1) is 16.7 Å². The van der Waals surface area contributed by atoms with Crippen LogP contribution in [0.2, 0.25) is 0 Å². The molecule has 33 heavy (non-hydrogen) atoms. The fraction of sp³-hybridized carbons (Fsp3) is 0.0400. The molecule has 0 spiro atoms. The van der Waals surface area contributed by atoms with Gasteiger partial charge in [-0.3, -0.25) is 14.9 Å². The first-order valence-corrected chi connectivity index (χ1v) is 10.0. The summed E-state index contributed by atoms with van der Waals surface area (Å²) in [5, 5.41) is 26.8. The van der Waals surface area contributed by atoms with Crippen molar-refractivity contribution in [2.75, 3.05) is 0 Å². The van der Waals surface area contributed by atoms with Crippen molar-refractivity contribution < 1.29 is 19.6 Å². The molecular formula is C25H19N3O5. The summed E-state index contributed by atoms with van der Waals surface area (Å²) in [6, 6.07) is 24.6. The Morgan fingerprint density at radius 3 is 2.58 bits per heavy atom. The maximum atomic E-state index is 12.2. The molecule has 0 unspecified atom stereocenters. The van der Waals surface area contributed by atoms with Gasteiger partial charge in [-0.05, 0) is 52.2 Å². The number of phenols is 1. The summed E-state index contributed by atoms with van der Waals surface area (Å²) in [4.78, 5) is 22.4. The second-order valence-corrected chi connectivity index (χ2v) is 7.15. The third-order valence-electron chi connectivity index (χ3n) is 4.97. The lowest BCUT2D eigenvalue weighted by Crippen LogP contribution is -2.18. The number of rotatable bonds is 7. The minimum absolute atomic E-state index is 0.237. The van der Waals surface area contributed by atoms with Crippen molar-refractivity contribution in [3.8, 4) is 11.5 Å². The number of hydrazone groups is 1. The molecule has 8 heteroatoms. The van der Waals surface area contributed by atoms with Crippen molar-refractivity contribution >= 4 is 28.6 Å². The molecule has 0 aliphatic rings. The second kappa shape index (κ2) is 9.61. The molecule has 8 nitrogen and oxygen atoms in total. The molecule has 2 N–H and O–H groups in total. The second-order valence-electron chi connectivity index (χ2n) is 7.15. The molecule has 4 aromatic rings. The summed E-state index contributed by atoms with van der Waals surface area (Å²) in [5.74, 6) is -0.450. The highest BCUT2D eigenvalue weighted by Crippen LogP contribution is 2.23. The molecule has 1 amide bonds.